The summed E-state index contributed by atoms with van der Waals surface area (Å²) in [7, 11) is 0. The first-order chi connectivity index (χ1) is 5.57. The zero-order chi connectivity index (χ0) is 9.30. The van der Waals surface area contributed by atoms with Gasteiger partial charge in [0.1, 0.15) is 15.9 Å². The molecular weight excluding hydrogens is 239 g/mol. The number of rotatable bonds is 0. The summed E-state index contributed by atoms with van der Waals surface area (Å²) < 4.78 is 0.211. The summed E-state index contributed by atoms with van der Waals surface area (Å²) in [6.45, 7) is 0. The molecular formula is C6HCl3N2S. The van der Waals surface area contributed by atoms with Gasteiger partial charge in [-0.1, -0.05) is 47.0 Å². The summed E-state index contributed by atoms with van der Waals surface area (Å²) in [5, 5.41) is 8.96. The van der Waals surface area contributed by atoms with Crippen LogP contribution in [0.25, 0.3) is 0 Å². The number of nitrogens with zero attached hydrogens (tertiary/aromatic N) is 1. The molecule has 0 aliphatic heterocycles. The highest BCUT2D eigenvalue weighted by Crippen LogP contribution is 2.29. The van der Waals surface area contributed by atoms with Crippen LogP contribution in [0.1, 0.15) is 5.56 Å². The summed E-state index contributed by atoms with van der Waals surface area (Å²) in [5.41, 5.74) is 0.104. The van der Waals surface area contributed by atoms with Gasteiger partial charge in [-0.3, -0.25) is 0 Å². The first kappa shape index (κ1) is 9.82. The summed E-state index contributed by atoms with van der Waals surface area (Å²) in [6, 6.07) is 1.81. The molecule has 1 N–H and O–H groups in total. The van der Waals surface area contributed by atoms with Crippen LogP contribution >= 0.6 is 47.0 Å². The maximum absolute atomic E-state index is 8.61. The Morgan fingerprint density at radius 1 is 1.25 bits per heavy atom. The second-order valence-corrected chi connectivity index (χ2v) is 3.43. The third-order valence-corrected chi connectivity index (χ3v) is 2.72. The predicted octanol–water partition coefficient (Wildman–Crippen LogP) is 3.58. The molecule has 1 rings (SSSR count). The molecule has 0 saturated heterocycles. The van der Waals surface area contributed by atoms with Gasteiger partial charge < -0.3 is 4.98 Å². The number of nitrogens with one attached hydrogen (secondary N) is 1. The van der Waals surface area contributed by atoms with Crippen LogP contribution in [0.5, 0.6) is 0 Å². The molecule has 0 unspecified atom stereocenters. The lowest BCUT2D eigenvalue weighted by Gasteiger charge is -2.00. The van der Waals surface area contributed by atoms with E-state index in [1.54, 1.807) is 0 Å². The highest BCUT2D eigenvalue weighted by atomic mass is 35.5. The van der Waals surface area contributed by atoms with Gasteiger partial charge in [-0.25, -0.2) is 0 Å². The number of hydrogen-bond donors (Lipinski definition) is 1. The lowest BCUT2D eigenvalue weighted by Crippen LogP contribution is -1.86. The lowest BCUT2D eigenvalue weighted by molar-refractivity contribution is 1.28. The smallest absolute Gasteiger partial charge is 0.127 e. The predicted molar refractivity (Wildman–Crippen MR) is 51.4 cm³/mol. The van der Waals surface area contributed by atoms with Gasteiger partial charge in [0.2, 0.25) is 0 Å². The van der Waals surface area contributed by atoms with Crippen LogP contribution in [-0.4, -0.2) is 4.98 Å². The van der Waals surface area contributed by atoms with Crippen LogP contribution in [0.4, 0.5) is 0 Å². The number of aromatic amines is 1. The largest absolute Gasteiger partial charge is 0.335 e. The first-order valence-electron chi connectivity index (χ1n) is 2.74. The SMILES string of the molecule is N#Cc1c(Cl)c(Cl)[nH]c(=S)c1Cl. The molecule has 0 bridgehead atoms. The Morgan fingerprint density at radius 2 is 1.83 bits per heavy atom. The molecule has 0 spiro atoms. The molecule has 6 heteroatoms. The molecule has 0 atom stereocenters. The Hall–Kier alpha value is -0.270. The fourth-order valence-corrected chi connectivity index (χ4v) is 1.49. The number of H-pyrrole nitrogens is 1. The molecule has 0 aromatic carbocycles. The van der Waals surface area contributed by atoms with E-state index in [4.69, 9.17) is 52.3 Å². The van der Waals surface area contributed by atoms with Crippen molar-refractivity contribution in [1.82, 2.24) is 4.98 Å². The van der Waals surface area contributed by atoms with E-state index in [0.717, 1.165) is 0 Å². The highest BCUT2D eigenvalue weighted by Gasteiger charge is 2.10. The molecule has 0 radical (unpaired) electrons. The number of aromatic nitrogens is 1. The van der Waals surface area contributed by atoms with E-state index in [9.17, 15) is 0 Å². The molecule has 62 valence electrons. The third kappa shape index (κ3) is 1.57. The van der Waals surface area contributed by atoms with E-state index in [-0.39, 0.29) is 25.4 Å². The van der Waals surface area contributed by atoms with E-state index in [1.165, 1.54) is 0 Å². The maximum Gasteiger partial charge on any atom is 0.127 e. The number of hydrogen-bond acceptors (Lipinski definition) is 2. The molecule has 0 aliphatic carbocycles. The molecule has 0 fully saturated rings. The molecule has 1 aromatic heterocycles. The zero-order valence-electron chi connectivity index (χ0n) is 5.49. The third-order valence-electron chi connectivity index (χ3n) is 1.17. The Kier molecular flexibility index (Phi) is 2.97. The molecule has 0 aliphatic rings. The van der Waals surface area contributed by atoms with Crippen molar-refractivity contribution in [1.29, 1.82) is 5.26 Å². The summed E-state index contributed by atoms with van der Waals surface area (Å²) in [6.07, 6.45) is 0. The van der Waals surface area contributed by atoms with E-state index < -0.39 is 0 Å². The van der Waals surface area contributed by atoms with E-state index in [2.05, 4.69) is 4.98 Å². The Labute approximate surface area is 88.7 Å². The van der Waals surface area contributed by atoms with Gasteiger partial charge in [-0.2, -0.15) is 5.26 Å². The molecule has 1 heterocycles. The monoisotopic (exact) mass is 238 g/mol. The van der Waals surface area contributed by atoms with Crippen LogP contribution in [-0.2, 0) is 0 Å². The van der Waals surface area contributed by atoms with Gasteiger partial charge in [0.25, 0.3) is 0 Å². The van der Waals surface area contributed by atoms with Crippen LogP contribution in [0.15, 0.2) is 0 Å². The number of nitriles is 1. The fraction of sp³-hybridized carbons (Fsp3) is 0. The van der Waals surface area contributed by atoms with Crippen molar-refractivity contribution in [3.8, 4) is 6.07 Å². The number of halogens is 3. The van der Waals surface area contributed by atoms with E-state index in [1.807, 2.05) is 6.07 Å². The minimum Gasteiger partial charge on any atom is -0.335 e. The van der Waals surface area contributed by atoms with Gasteiger partial charge in [0.15, 0.2) is 0 Å². The topological polar surface area (TPSA) is 39.6 Å². The minimum atomic E-state index is 0.0952. The summed E-state index contributed by atoms with van der Waals surface area (Å²) in [4.78, 5) is 2.55. The van der Waals surface area contributed by atoms with Crippen molar-refractivity contribution >= 4 is 47.0 Å². The van der Waals surface area contributed by atoms with Crippen LogP contribution in [0.3, 0.4) is 0 Å². The van der Waals surface area contributed by atoms with Gasteiger partial charge in [0, 0.05) is 0 Å². The van der Waals surface area contributed by atoms with E-state index in [0.29, 0.717) is 0 Å². The van der Waals surface area contributed by atoms with Crippen LogP contribution in [0, 0.1) is 16.0 Å². The van der Waals surface area contributed by atoms with Crippen molar-refractivity contribution in [3.63, 3.8) is 0 Å². The molecule has 0 saturated carbocycles. The van der Waals surface area contributed by atoms with Gasteiger partial charge in [0.05, 0.1) is 15.6 Å². The average Bonchev–Trinajstić information content (AvgIpc) is 2.02. The first-order valence-corrected chi connectivity index (χ1v) is 4.29. The molecule has 0 amide bonds. The van der Waals surface area contributed by atoms with Crippen LogP contribution < -0.4 is 0 Å². The lowest BCUT2D eigenvalue weighted by atomic mass is 10.3. The van der Waals surface area contributed by atoms with E-state index >= 15 is 0 Å². The Bertz CT molecular complexity index is 418. The van der Waals surface area contributed by atoms with Crippen molar-refractivity contribution in [2.45, 2.75) is 0 Å². The fourth-order valence-electron chi connectivity index (χ4n) is 0.627. The second-order valence-electron chi connectivity index (χ2n) is 1.88. The maximum atomic E-state index is 8.61. The Balaban J connectivity index is 3.68. The highest BCUT2D eigenvalue weighted by molar-refractivity contribution is 7.71. The van der Waals surface area contributed by atoms with Gasteiger partial charge in [-0.05, 0) is 0 Å². The van der Waals surface area contributed by atoms with Crippen molar-refractivity contribution < 1.29 is 0 Å². The average molecular weight is 240 g/mol. The summed E-state index contributed by atoms with van der Waals surface area (Å²) >= 11 is 21.7. The Morgan fingerprint density at radius 3 is 2.33 bits per heavy atom. The van der Waals surface area contributed by atoms with Gasteiger partial charge in [-0.15, -0.1) is 0 Å². The number of pyridine rings is 1. The standard InChI is InChI=1S/C6HCl3N2S/c7-3-2(1-10)4(8)6(12)11-5(3)9/h(H,11,12). The van der Waals surface area contributed by atoms with Crippen molar-refractivity contribution in [3.05, 3.63) is 25.4 Å². The van der Waals surface area contributed by atoms with Crippen LogP contribution in [0.2, 0.25) is 15.2 Å². The normalized spacial score (nSPS) is 9.50. The minimum absolute atomic E-state index is 0.0952. The second kappa shape index (κ2) is 3.63. The summed E-state index contributed by atoms with van der Waals surface area (Å²) in [5.74, 6) is 0. The quantitative estimate of drug-likeness (QED) is 0.555. The molecule has 12 heavy (non-hydrogen) atoms. The van der Waals surface area contributed by atoms with Crippen molar-refractivity contribution in [2.24, 2.45) is 0 Å². The molecule has 1 aromatic rings. The zero-order valence-corrected chi connectivity index (χ0v) is 8.57. The van der Waals surface area contributed by atoms with Crippen molar-refractivity contribution in [2.75, 3.05) is 0 Å². The molecule has 2 nitrogen and oxygen atoms in total. The van der Waals surface area contributed by atoms with Gasteiger partial charge >= 0.3 is 0 Å².